The minimum atomic E-state index is -1.00. The maximum atomic E-state index is 11.9. The van der Waals surface area contributed by atoms with Crippen molar-refractivity contribution in [1.29, 1.82) is 0 Å². The number of hydrogen-bond donors (Lipinski definition) is 3. The first kappa shape index (κ1) is 18.7. The first-order valence-corrected chi connectivity index (χ1v) is 6.83. The van der Waals surface area contributed by atoms with Gasteiger partial charge in [-0.15, -0.1) is 0 Å². The summed E-state index contributed by atoms with van der Waals surface area (Å²) in [7, 11) is 1.72. The van der Waals surface area contributed by atoms with Crippen LogP contribution >= 0.6 is 0 Å². The average molecular weight is 286 g/mol. The van der Waals surface area contributed by atoms with Crippen LogP contribution in [0.1, 0.15) is 47.0 Å². The largest absolute Gasteiger partial charge is 0.480 e. The van der Waals surface area contributed by atoms with E-state index >= 15 is 0 Å². The van der Waals surface area contributed by atoms with Gasteiger partial charge in [0.05, 0.1) is 11.6 Å². The second-order valence-corrected chi connectivity index (χ2v) is 5.58. The van der Waals surface area contributed by atoms with Crippen LogP contribution in [0.2, 0.25) is 0 Å². The van der Waals surface area contributed by atoms with Crippen LogP contribution in [-0.2, 0) is 14.4 Å². The number of carbonyl (C=O) groups is 3. The van der Waals surface area contributed by atoms with Crippen molar-refractivity contribution in [2.45, 2.75) is 64.6 Å². The molecule has 3 N–H and O–H groups in total. The summed E-state index contributed by atoms with van der Waals surface area (Å²) < 4.78 is 0. The fraction of sp³-hybridized carbons (Fsp3) is 0.786. The van der Waals surface area contributed by atoms with Crippen molar-refractivity contribution in [2.24, 2.45) is 0 Å². The quantitative estimate of drug-likeness (QED) is 0.548. The van der Waals surface area contributed by atoms with Crippen molar-refractivity contribution < 1.29 is 19.5 Å². The van der Waals surface area contributed by atoms with Crippen LogP contribution in [0.4, 0.5) is 0 Å². The van der Waals surface area contributed by atoms with E-state index in [1.807, 2.05) is 0 Å². The van der Waals surface area contributed by atoms with Gasteiger partial charge in [-0.2, -0.15) is 0 Å². The molecule has 0 fully saturated rings. The van der Waals surface area contributed by atoms with Crippen LogP contribution in [-0.4, -0.2) is 47.3 Å². The highest BCUT2D eigenvalue weighted by Crippen LogP contribution is 2.11. The van der Waals surface area contributed by atoms with Crippen LogP contribution < -0.4 is 10.6 Å². The zero-order valence-corrected chi connectivity index (χ0v) is 12.9. The van der Waals surface area contributed by atoms with Crippen LogP contribution in [0.25, 0.3) is 0 Å². The summed E-state index contributed by atoms with van der Waals surface area (Å²) >= 11 is 0. The molecule has 20 heavy (non-hydrogen) atoms. The lowest BCUT2D eigenvalue weighted by molar-refractivity contribution is -0.140. The lowest BCUT2D eigenvalue weighted by Crippen LogP contribution is -2.46. The molecule has 0 aromatic carbocycles. The molecule has 0 spiro atoms. The van der Waals surface area contributed by atoms with E-state index in [1.54, 1.807) is 27.8 Å². The Kier molecular flexibility index (Phi) is 7.60. The molecule has 0 aliphatic rings. The van der Waals surface area contributed by atoms with Gasteiger partial charge in [0.2, 0.25) is 0 Å². The van der Waals surface area contributed by atoms with Crippen molar-refractivity contribution in [3.05, 3.63) is 0 Å². The summed E-state index contributed by atoms with van der Waals surface area (Å²) in [5, 5.41) is 14.8. The topological polar surface area (TPSA) is 95.5 Å². The Balaban J connectivity index is 4.34. The first-order valence-electron chi connectivity index (χ1n) is 6.83. The SMILES string of the molecule is CNC(C)(C)C(=O)CCCC(NC(C)C(C)=O)C(=O)O. The number of rotatable bonds is 10. The monoisotopic (exact) mass is 286 g/mol. The number of carbonyl (C=O) groups excluding carboxylic acids is 2. The molecule has 0 saturated carbocycles. The van der Waals surface area contributed by atoms with Gasteiger partial charge in [0.1, 0.15) is 11.8 Å². The molecule has 0 heterocycles. The summed E-state index contributed by atoms with van der Waals surface area (Å²) in [5.41, 5.74) is -0.598. The van der Waals surface area contributed by atoms with Gasteiger partial charge in [-0.1, -0.05) is 0 Å². The molecule has 0 aliphatic heterocycles. The van der Waals surface area contributed by atoms with E-state index in [2.05, 4.69) is 10.6 Å². The summed E-state index contributed by atoms with van der Waals surface area (Å²) in [6, 6.07) is -1.31. The van der Waals surface area contributed by atoms with Gasteiger partial charge in [-0.3, -0.25) is 19.7 Å². The van der Waals surface area contributed by atoms with Crippen LogP contribution in [0.3, 0.4) is 0 Å². The minimum Gasteiger partial charge on any atom is -0.480 e. The number of ketones is 2. The van der Waals surface area contributed by atoms with E-state index in [0.717, 1.165) is 0 Å². The molecule has 0 amide bonds. The van der Waals surface area contributed by atoms with Gasteiger partial charge in [-0.25, -0.2) is 0 Å². The number of carboxylic acids is 1. The number of Topliss-reactive ketones (excluding diaryl/α,β-unsaturated/α-hetero) is 2. The van der Waals surface area contributed by atoms with E-state index in [0.29, 0.717) is 19.3 Å². The summed E-state index contributed by atoms with van der Waals surface area (Å²) in [6.07, 6.45) is 1.10. The zero-order chi connectivity index (χ0) is 15.9. The fourth-order valence-corrected chi connectivity index (χ4v) is 1.62. The lowest BCUT2D eigenvalue weighted by Gasteiger charge is -2.23. The van der Waals surface area contributed by atoms with Gasteiger partial charge in [0, 0.05) is 6.42 Å². The molecule has 0 aliphatic carbocycles. The number of nitrogens with one attached hydrogen (secondary N) is 2. The molecule has 0 aromatic heterocycles. The maximum Gasteiger partial charge on any atom is 0.320 e. The van der Waals surface area contributed by atoms with Crippen LogP contribution in [0.15, 0.2) is 0 Å². The third-order valence-corrected chi connectivity index (χ3v) is 3.58. The summed E-state index contributed by atoms with van der Waals surface area (Å²) in [5.74, 6) is -1.06. The van der Waals surface area contributed by atoms with Gasteiger partial charge in [-0.05, 0) is 47.6 Å². The summed E-state index contributed by atoms with van der Waals surface area (Å²) in [6.45, 7) is 6.63. The Morgan fingerprint density at radius 2 is 1.80 bits per heavy atom. The highest BCUT2D eigenvalue weighted by Gasteiger charge is 2.26. The van der Waals surface area contributed by atoms with E-state index in [1.165, 1.54) is 6.92 Å². The molecule has 0 radical (unpaired) electrons. The second-order valence-electron chi connectivity index (χ2n) is 5.58. The minimum absolute atomic E-state index is 0.0451. The van der Waals surface area contributed by atoms with Crippen molar-refractivity contribution in [3.63, 3.8) is 0 Å². The predicted octanol–water partition coefficient (Wildman–Crippen LogP) is 0.744. The van der Waals surface area contributed by atoms with Crippen molar-refractivity contribution in [2.75, 3.05) is 7.05 Å². The lowest BCUT2D eigenvalue weighted by atomic mass is 9.94. The molecule has 6 heteroatoms. The standard InChI is InChI=1S/C14H26N2O4/c1-9(10(2)17)16-11(13(19)20)7-6-8-12(18)14(3,4)15-5/h9,11,15-16H,6-8H2,1-5H3,(H,19,20). The van der Waals surface area contributed by atoms with Crippen molar-refractivity contribution in [1.82, 2.24) is 10.6 Å². The van der Waals surface area contributed by atoms with E-state index < -0.39 is 23.6 Å². The molecule has 116 valence electrons. The Bertz CT molecular complexity index is 366. The molecule has 0 rings (SSSR count). The summed E-state index contributed by atoms with van der Waals surface area (Å²) in [4.78, 5) is 34.1. The van der Waals surface area contributed by atoms with E-state index in [9.17, 15) is 14.4 Å². The molecule has 0 saturated heterocycles. The van der Waals surface area contributed by atoms with Gasteiger partial charge in [0.25, 0.3) is 0 Å². The molecule has 2 atom stereocenters. The van der Waals surface area contributed by atoms with E-state index in [4.69, 9.17) is 5.11 Å². The third-order valence-electron chi connectivity index (χ3n) is 3.58. The van der Waals surface area contributed by atoms with Crippen molar-refractivity contribution in [3.8, 4) is 0 Å². The molecule has 6 nitrogen and oxygen atoms in total. The molecule has 0 aromatic rings. The molecular formula is C14H26N2O4. The number of aliphatic carboxylic acids is 1. The number of hydrogen-bond acceptors (Lipinski definition) is 5. The molecular weight excluding hydrogens is 260 g/mol. The van der Waals surface area contributed by atoms with Gasteiger partial charge in [0.15, 0.2) is 5.78 Å². The highest BCUT2D eigenvalue weighted by molar-refractivity contribution is 5.87. The van der Waals surface area contributed by atoms with Gasteiger partial charge < -0.3 is 10.4 Å². The normalized spacial score (nSPS) is 14.7. The smallest absolute Gasteiger partial charge is 0.320 e. The average Bonchev–Trinajstić information content (AvgIpc) is 2.36. The van der Waals surface area contributed by atoms with Crippen LogP contribution in [0.5, 0.6) is 0 Å². The molecule has 2 unspecified atom stereocenters. The van der Waals surface area contributed by atoms with Crippen LogP contribution in [0, 0.1) is 0 Å². The molecule has 0 bridgehead atoms. The van der Waals surface area contributed by atoms with Gasteiger partial charge >= 0.3 is 5.97 Å². The Hall–Kier alpha value is -1.27. The maximum absolute atomic E-state index is 11.9. The number of likely N-dealkylation sites (N-methyl/N-ethyl adjacent to an activating group) is 1. The first-order chi connectivity index (χ1) is 9.11. The third kappa shape index (κ3) is 6.25. The number of carboxylic acid groups (broad SMARTS) is 1. The fourth-order valence-electron chi connectivity index (χ4n) is 1.62. The predicted molar refractivity (Wildman–Crippen MR) is 76.7 cm³/mol. The van der Waals surface area contributed by atoms with Crippen molar-refractivity contribution >= 4 is 17.5 Å². The second kappa shape index (κ2) is 8.11. The zero-order valence-electron chi connectivity index (χ0n) is 12.9. The van der Waals surface area contributed by atoms with E-state index in [-0.39, 0.29) is 11.6 Å². The Morgan fingerprint density at radius 1 is 1.25 bits per heavy atom. The highest BCUT2D eigenvalue weighted by atomic mass is 16.4. The Labute approximate surface area is 120 Å². The Morgan fingerprint density at radius 3 is 2.20 bits per heavy atom.